The Morgan fingerprint density at radius 1 is 1.37 bits per heavy atom. The van der Waals surface area contributed by atoms with Gasteiger partial charge in [-0.1, -0.05) is 12.8 Å². The Morgan fingerprint density at radius 2 is 2.05 bits per heavy atom. The van der Waals surface area contributed by atoms with Gasteiger partial charge in [-0.25, -0.2) is 13.1 Å². The second kappa shape index (κ2) is 6.02. The molecule has 1 aliphatic carbocycles. The number of carboxylic acid groups (broad SMARTS) is 1. The van der Waals surface area contributed by atoms with Crippen LogP contribution in [0.3, 0.4) is 0 Å². The van der Waals surface area contributed by atoms with Crippen molar-refractivity contribution >= 4 is 27.3 Å². The van der Waals surface area contributed by atoms with Crippen molar-refractivity contribution in [3.05, 3.63) is 17.0 Å². The third-order valence-corrected chi connectivity index (χ3v) is 6.26. The van der Waals surface area contributed by atoms with Crippen molar-refractivity contribution in [3.8, 4) is 0 Å². The van der Waals surface area contributed by atoms with Crippen LogP contribution in [0.2, 0.25) is 0 Å². The summed E-state index contributed by atoms with van der Waals surface area (Å²) in [6.07, 6.45) is 4.37. The molecule has 0 aromatic carbocycles. The van der Waals surface area contributed by atoms with Gasteiger partial charge in [-0.2, -0.15) is 0 Å². The topological polar surface area (TPSA) is 83.5 Å². The first-order chi connectivity index (χ1) is 8.97. The van der Waals surface area contributed by atoms with E-state index in [1.54, 1.807) is 6.07 Å². The molecule has 0 aliphatic heterocycles. The van der Waals surface area contributed by atoms with Crippen molar-refractivity contribution in [2.75, 3.05) is 6.54 Å². The van der Waals surface area contributed by atoms with Crippen LogP contribution in [0.5, 0.6) is 0 Å². The number of sulfonamides is 1. The first-order valence-electron chi connectivity index (χ1n) is 6.27. The molecule has 0 atom stereocenters. The summed E-state index contributed by atoms with van der Waals surface area (Å²) in [4.78, 5) is 11.1. The highest BCUT2D eigenvalue weighted by Crippen LogP contribution is 2.25. The first-order valence-corrected chi connectivity index (χ1v) is 8.57. The van der Waals surface area contributed by atoms with E-state index in [-0.39, 0.29) is 10.6 Å². The predicted octanol–water partition coefficient (Wildman–Crippen LogP) is 1.84. The summed E-state index contributed by atoms with van der Waals surface area (Å²) in [7, 11) is -3.49. The van der Waals surface area contributed by atoms with Crippen LogP contribution in [0.4, 0.5) is 0 Å². The Morgan fingerprint density at radius 3 is 2.68 bits per heavy atom. The molecule has 7 heteroatoms. The smallest absolute Gasteiger partial charge is 0.308 e. The summed E-state index contributed by atoms with van der Waals surface area (Å²) in [6, 6.07) is 3.03. The van der Waals surface area contributed by atoms with Gasteiger partial charge in [-0.15, -0.1) is 11.3 Å². The molecular formula is C12H17NO4S2. The van der Waals surface area contributed by atoms with Crippen LogP contribution in [-0.2, 0) is 21.2 Å². The zero-order valence-electron chi connectivity index (χ0n) is 10.5. The third kappa shape index (κ3) is 4.02. The summed E-state index contributed by atoms with van der Waals surface area (Å²) in [5.74, 6) is -0.516. The van der Waals surface area contributed by atoms with E-state index in [2.05, 4.69) is 4.72 Å². The summed E-state index contributed by atoms with van der Waals surface area (Å²) in [5, 5.41) is 8.67. The van der Waals surface area contributed by atoms with Crippen LogP contribution in [0.15, 0.2) is 16.3 Å². The summed E-state index contributed by atoms with van der Waals surface area (Å²) in [6.45, 7) is 0.481. The quantitative estimate of drug-likeness (QED) is 0.840. The molecule has 0 unspecified atom stereocenters. The fraction of sp³-hybridized carbons (Fsp3) is 0.583. The predicted molar refractivity (Wildman–Crippen MR) is 72.8 cm³/mol. The molecule has 0 amide bonds. The zero-order chi connectivity index (χ0) is 13.9. The molecule has 19 heavy (non-hydrogen) atoms. The molecule has 0 bridgehead atoms. The van der Waals surface area contributed by atoms with Crippen molar-refractivity contribution in [1.82, 2.24) is 4.72 Å². The average Bonchev–Trinajstić information content (AvgIpc) is 2.96. The van der Waals surface area contributed by atoms with E-state index in [9.17, 15) is 13.2 Å². The van der Waals surface area contributed by atoms with Gasteiger partial charge in [0.15, 0.2) is 0 Å². The molecule has 5 nitrogen and oxygen atoms in total. The van der Waals surface area contributed by atoms with Crippen LogP contribution in [0.1, 0.15) is 30.6 Å². The highest BCUT2D eigenvalue weighted by Gasteiger charge is 2.21. The van der Waals surface area contributed by atoms with E-state index in [1.165, 1.54) is 18.9 Å². The largest absolute Gasteiger partial charge is 0.481 e. The van der Waals surface area contributed by atoms with E-state index in [4.69, 9.17) is 5.11 Å². The van der Waals surface area contributed by atoms with Crippen molar-refractivity contribution in [1.29, 1.82) is 0 Å². The van der Waals surface area contributed by atoms with Gasteiger partial charge in [0.1, 0.15) is 4.21 Å². The Labute approximate surface area is 116 Å². The minimum Gasteiger partial charge on any atom is -0.481 e. The van der Waals surface area contributed by atoms with Gasteiger partial charge in [0, 0.05) is 11.4 Å². The lowest BCUT2D eigenvalue weighted by molar-refractivity contribution is -0.136. The minimum atomic E-state index is -3.49. The van der Waals surface area contributed by atoms with Gasteiger partial charge >= 0.3 is 5.97 Å². The van der Waals surface area contributed by atoms with E-state index in [0.717, 1.165) is 24.2 Å². The summed E-state index contributed by atoms with van der Waals surface area (Å²) < 4.78 is 26.9. The number of hydrogen-bond acceptors (Lipinski definition) is 4. The summed E-state index contributed by atoms with van der Waals surface area (Å²) >= 11 is 1.02. The molecular weight excluding hydrogens is 286 g/mol. The van der Waals surface area contributed by atoms with E-state index in [1.807, 2.05) is 0 Å². The van der Waals surface area contributed by atoms with Gasteiger partial charge in [-0.05, 0) is 30.9 Å². The minimum absolute atomic E-state index is 0.136. The fourth-order valence-corrected chi connectivity index (χ4v) is 4.77. The fourth-order valence-electron chi connectivity index (χ4n) is 2.26. The lowest BCUT2D eigenvalue weighted by atomic mass is 10.1. The van der Waals surface area contributed by atoms with Crippen molar-refractivity contribution in [2.45, 2.75) is 36.3 Å². The maximum Gasteiger partial charge on any atom is 0.308 e. The lowest BCUT2D eigenvalue weighted by Gasteiger charge is -2.09. The molecule has 1 aromatic heterocycles. The van der Waals surface area contributed by atoms with Gasteiger partial charge in [0.25, 0.3) is 0 Å². The number of carbonyl (C=O) groups is 1. The van der Waals surface area contributed by atoms with E-state index < -0.39 is 16.0 Å². The van der Waals surface area contributed by atoms with E-state index in [0.29, 0.717) is 17.3 Å². The second-order valence-electron chi connectivity index (χ2n) is 4.79. The van der Waals surface area contributed by atoms with Crippen LogP contribution in [-0.4, -0.2) is 26.0 Å². The van der Waals surface area contributed by atoms with Crippen molar-refractivity contribution < 1.29 is 18.3 Å². The van der Waals surface area contributed by atoms with Crippen LogP contribution >= 0.6 is 11.3 Å². The van der Waals surface area contributed by atoms with Crippen LogP contribution in [0.25, 0.3) is 0 Å². The Balaban J connectivity index is 1.98. The lowest BCUT2D eigenvalue weighted by Crippen LogP contribution is -2.27. The first kappa shape index (κ1) is 14.5. The number of carboxylic acids is 1. The highest BCUT2D eigenvalue weighted by atomic mass is 32.2. The van der Waals surface area contributed by atoms with Gasteiger partial charge in [0.05, 0.1) is 6.42 Å². The van der Waals surface area contributed by atoms with Gasteiger partial charge in [-0.3, -0.25) is 4.79 Å². The second-order valence-corrected chi connectivity index (χ2v) is 7.96. The van der Waals surface area contributed by atoms with Crippen LogP contribution in [0, 0.1) is 5.92 Å². The molecule has 2 rings (SSSR count). The van der Waals surface area contributed by atoms with Crippen LogP contribution < -0.4 is 4.72 Å². The molecule has 0 spiro atoms. The molecule has 1 fully saturated rings. The van der Waals surface area contributed by atoms with E-state index >= 15 is 0 Å². The van der Waals surface area contributed by atoms with Crippen molar-refractivity contribution in [2.24, 2.45) is 5.92 Å². The number of aliphatic carboxylic acids is 1. The molecule has 1 heterocycles. The standard InChI is InChI=1S/C12H17NO4S2/c14-11(15)7-10-5-6-12(18-10)19(16,17)13-8-9-3-1-2-4-9/h5-6,9,13H,1-4,7-8H2,(H,14,15). The maximum atomic E-state index is 12.0. The molecule has 0 saturated heterocycles. The molecule has 0 radical (unpaired) electrons. The number of thiophene rings is 1. The van der Waals surface area contributed by atoms with Crippen molar-refractivity contribution in [3.63, 3.8) is 0 Å². The normalized spacial score (nSPS) is 16.8. The highest BCUT2D eigenvalue weighted by molar-refractivity contribution is 7.91. The third-order valence-electron chi connectivity index (χ3n) is 3.26. The number of nitrogens with one attached hydrogen (secondary N) is 1. The molecule has 1 saturated carbocycles. The monoisotopic (exact) mass is 303 g/mol. The maximum absolute atomic E-state index is 12.0. The van der Waals surface area contributed by atoms with Gasteiger partial charge < -0.3 is 5.11 Å². The average molecular weight is 303 g/mol. The molecule has 106 valence electrons. The number of rotatable bonds is 6. The molecule has 2 N–H and O–H groups in total. The number of hydrogen-bond donors (Lipinski definition) is 2. The van der Waals surface area contributed by atoms with Gasteiger partial charge in [0.2, 0.25) is 10.0 Å². The summed E-state index contributed by atoms with van der Waals surface area (Å²) in [5.41, 5.74) is 0. The zero-order valence-corrected chi connectivity index (χ0v) is 12.1. The Hall–Kier alpha value is -0.920. The molecule has 1 aliphatic rings. The SMILES string of the molecule is O=C(O)Cc1ccc(S(=O)(=O)NCC2CCCC2)s1. The molecule has 1 aromatic rings. The Kier molecular flexibility index (Phi) is 4.59. The Bertz CT molecular complexity index is 544.